The van der Waals surface area contributed by atoms with Gasteiger partial charge in [-0.2, -0.15) is 0 Å². The minimum absolute atomic E-state index is 0.0180. The smallest absolute Gasteiger partial charge is 0.244 e. The number of carbonyl (C=O) groups excluding carboxylic acids is 1. The van der Waals surface area contributed by atoms with Crippen LogP contribution in [0.4, 0.5) is 0 Å². The van der Waals surface area contributed by atoms with Gasteiger partial charge in [0.05, 0.1) is 6.33 Å². The Hall–Kier alpha value is -2.18. The average molecular weight is 313 g/mol. The van der Waals surface area contributed by atoms with Gasteiger partial charge < -0.3 is 15.6 Å². The second-order valence-corrected chi connectivity index (χ2v) is 5.88. The van der Waals surface area contributed by atoms with E-state index >= 15 is 0 Å². The number of nitrogens with one attached hydrogen (secondary N) is 1. The summed E-state index contributed by atoms with van der Waals surface area (Å²) in [5.74, 6) is 0.0180. The topological polar surface area (TPSA) is 78.2 Å². The fraction of sp³-hybridized carbons (Fsp3) is 0.412. The summed E-state index contributed by atoms with van der Waals surface area (Å²) in [5, 5.41) is 0. The van der Waals surface area contributed by atoms with Crippen molar-refractivity contribution in [3.8, 4) is 0 Å². The zero-order chi connectivity index (χ0) is 16.1. The Morgan fingerprint density at radius 3 is 2.61 bits per heavy atom. The number of aromatic amines is 1. The van der Waals surface area contributed by atoms with E-state index < -0.39 is 6.04 Å². The van der Waals surface area contributed by atoms with Crippen LogP contribution >= 0.6 is 0 Å². The van der Waals surface area contributed by atoms with Crippen molar-refractivity contribution >= 4 is 5.91 Å². The lowest BCUT2D eigenvalue weighted by Gasteiger charge is -2.35. The van der Waals surface area contributed by atoms with E-state index in [1.807, 2.05) is 41.4 Å². The van der Waals surface area contributed by atoms with Crippen LogP contribution < -0.4 is 5.73 Å². The first-order valence-electron chi connectivity index (χ1n) is 8.03. The molecule has 2 heterocycles. The first-order valence-corrected chi connectivity index (χ1v) is 8.03. The standard InChI is InChI=1S/C17H23N5O/c18-16(14-4-2-1-3-5-14)17(23)22-10-8-21(9-11-22)7-6-15-12-19-13-20-15/h1-5,12-13,16H,6-11,18H2,(H,19,20)/t16-/m1/s1. The molecule has 1 aliphatic rings. The zero-order valence-corrected chi connectivity index (χ0v) is 13.2. The van der Waals surface area contributed by atoms with Crippen molar-refractivity contribution in [1.29, 1.82) is 0 Å². The molecule has 0 aliphatic carbocycles. The number of nitrogens with zero attached hydrogens (tertiary/aromatic N) is 3. The monoisotopic (exact) mass is 313 g/mol. The molecule has 2 aromatic rings. The Morgan fingerprint density at radius 2 is 1.96 bits per heavy atom. The van der Waals surface area contributed by atoms with Gasteiger partial charge >= 0.3 is 0 Å². The van der Waals surface area contributed by atoms with Crippen LogP contribution in [0.1, 0.15) is 17.3 Å². The molecule has 1 aliphatic heterocycles. The Labute approximate surface area is 136 Å². The SMILES string of the molecule is N[C@@H](C(=O)N1CCN(CCc2cnc[nH]2)CC1)c1ccccc1. The molecule has 1 saturated heterocycles. The highest BCUT2D eigenvalue weighted by Crippen LogP contribution is 2.14. The van der Waals surface area contributed by atoms with Crippen LogP contribution in [0.5, 0.6) is 0 Å². The van der Waals surface area contributed by atoms with E-state index in [0.29, 0.717) is 0 Å². The van der Waals surface area contributed by atoms with E-state index in [9.17, 15) is 4.79 Å². The largest absolute Gasteiger partial charge is 0.348 e. The summed E-state index contributed by atoms with van der Waals surface area (Å²) < 4.78 is 0. The fourth-order valence-corrected chi connectivity index (χ4v) is 2.89. The third-order valence-corrected chi connectivity index (χ3v) is 4.36. The Kier molecular flexibility index (Phi) is 5.05. The highest BCUT2D eigenvalue weighted by Gasteiger charge is 2.25. The van der Waals surface area contributed by atoms with Crippen molar-refractivity contribution in [1.82, 2.24) is 19.8 Å². The Morgan fingerprint density at radius 1 is 1.22 bits per heavy atom. The number of benzene rings is 1. The van der Waals surface area contributed by atoms with E-state index in [0.717, 1.165) is 50.4 Å². The maximum Gasteiger partial charge on any atom is 0.244 e. The maximum atomic E-state index is 12.5. The molecule has 122 valence electrons. The molecular weight excluding hydrogens is 290 g/mol. The molecule has 6 nitrogen and oxygen atoms in total. The number of rotatable bonds is 5. The van der Waals surface area contributed by atoms with Gasteiger partial charge in [-0.3, -0.25) is 9.69 Å². The molecular formula is C17H23N5O. The van der Waals surface area contributed by atoms with Crippen molar-refractivity contribution in [2.45, 2.75) is 12.5 Å². The second-order valence-electron chi connectivity index (χ2n) is 5.88. The molecule has 0 unspecified atom stereocenters. The van der Waals surface area contributed by atoms with Crippen LogP contribution in [0, 0.1) is 0 Å². The van der Waals surface area contributed by atoms with Crippen LogP contribution in [0.15, 0.2) is 42.9 Å². The van der Waals surface area contributed by atoms with Gasteiger partial charge in [0.1, 0.15) is 6.04 Å². The number of amides is 1. The molecule has 1 amide bonds. The first kappa shape index (κ1) is 15.7. The predicted octanol–water partition coefficient (Wildman–Crippen LogP) is 0.796. The molecule has 0 saturated carbocycles. The maximum absolute atomic E-state index is 12.5. The summed E-state index contributed by atoms with van der Waals surface area (Å²) in [5.41, 5.74) is 8.13. The van der Waals surface area contributed by atoms with Gasteiger partial charge in [0.15, 0.2) is 0 Å². The Balaban J connectivity index is 1.47. The molecule has 1 aromatic carbocycles. The lowest BCUT2D eigenvalue weighted by molar-refractivity contribution is -0.134. The molecule has 23 heavy (non-hydrogen) atoms. The molecule has 0 bridgehead atoms. The number of imidazole rings is 1. The minimum atomic E-state index is -0.562. The number of piperazine rings is 1. The average Bonchev–Trinajstić information content (AvgIpc) is 3.13. The summed E-state index contributed by atoms with van der Waals surface area (Å²) in [6.45, 7) is 4.24. The van der Waals surface area contributed by atoms with Gasteiger partial charge in [-0.05, 0) is 5.56 Å². The van der Waals surface area contributed by atoms with Gasteiger partial charge in [0, 0.05) is 51.0 Å². The Bertz CT molecular complexity index is 605. The molecule has 6 heteroatoms. The number of aromatic nitrogens is 2. The van der Waals surface area contributed by atoms with Gasteiger partial charge in [-0.25, -0.2) is 4.98 Å². The molecule has 1 aromatic heterocycles. The number of H-pyrrole nitrogens is 1. The van der Waals surface area contributed by atoms with Crippen molar-refractivity contribution in [3.63, 3.8) is 0 Å². The number of carbonyl (C=O) groups is 1. The van der Waals surface area contributed by atoms with Crippen molar-refractivity contribution < 1.29 is 4.79 Å². The number of nitrogens with two attached hydrogens (primary N) is 1. The van der Waals surface area contributed by atoms with Crippen LogP contribution in [0.2, 0.25) is 0 Å². The summed E-state index contributed by atoms with van der Waals surface area (Å²) in [6, 6.07) is 9.00. The summed E-state index contributed by atoms with van der Waals surface area (Å²) in [7, 11) is 0. The van der Waals surface area contributed by atoms with Crippen LogP contribution in [-0.2, 0) is 11.2 Å². The van der Waals surface area contributed by atoms with Crippen molar-refractivity contribution in [3.05, 3.63) is 54.1 Å². The summed E-state index contributed by atoms with van der Waals surface area (Å²) in [6.07, 6.45) is 4.52. The van der Waals surface area contributed by atoms with E-state index in [4.69, 9.17) is 5.73 Å². The fourth-order valence-electron chi connectivity index (χ4n) is 2.89. The van der Waals surface area contributed by atoms with Gasteiger partial charge in [0.25, 0.3) is 0 Å². The third-order valence-electron chi connectivity index (χ3n) is 4.36. The van der Waals surface area contributed by atoms with Crippen LogP contribution in [-0.4, -0.2) is 58.4 Å². The van der Waals surface area contributed by atoms with Crippen LogP contribution in [0.25, 0.3) is 0 Å². The summed E-state index contributed by atoms with van der Waals surface area (Å²) >= 11 is 0. The number of hydrogen-bond donors (Lipinski definition) is 2. The predicted molar refractivity (Wildman–Crippen MR) is 88.7 cm³/mol. The van der Waals surface area contributed by atoms with Crippen molar-refractivity contribution in [2.24, 2.45) is 5.73 Å². The lowest BCUT2D eigenvalue weighted by atomic mass is 10.1. The lowest BCUT2D eigenvalue weighted by Crippen LogP contribution is -2.51. The number of hydrogen-bond acceptors (Lipinski definition) is 4. The van der Waals surface area contributed by atoms with Crippen molar-refractivity contribution in [2.75, 3.05) is 32.7 Å². The molecule has 1 fully saturated rings. The highest BCUT2D eigenvalue weighted by molar-refractivity contribution is 5.83. The second kappa shape index (κ2) is 7.39. The normalized spacial score (nSPS) is 17.2. The van der Waals surface area contributed by atoms with Crippen LogP contribution in [0.3, 0.4) is 0 Å². The highest BCUT2D eigenvalue weighted by atomic mass is 16.2. The molecule has 1 atom stereocenters. The van der Waals surface area contributed by atoms with Gasteiger partial charge in [-0.1, -0.05) is 30.3 Å². The molecule has 3 rings (SSSR count). The molecule has 0 spiro atoms. The van der Waals surface area contributed by atoms with E-state index in [1.165, 1.54) is 0 Å². The quantitative estimate of drug-likeness (QED) is 0.856. The van der Waals surface area contributed by atoms with E-state index in [1.54, 1.807) is 6.33 Å². The molecule has 0 radical (unpaired) electrons. The zero-order valence-electron chi connectivity index (χ0n) is 13.2. The summed E-state index contributed by atoms with van der Waals surface area (Å²) in [4.78, 5) is 23.9. The third kappa shape index (κ3) is 3.97. The molecule has 3 N–H and O–H groups in total. The van der Waals surface area contributed by atoms with E-state index in [-0.39, 0.29) is 5.91 Å². The minimum Gasteiger partial charge on any atom is -0.348 e. The van der Waals surface area contributed by atoms with Gasteiger partial charge in [-0.15, -0.1) is 0 Å². The van der Waals surface area contributed by atoms with E-state index in [2.05, 4.69) is 14.9 Å². The van der Waals surface area contributed by atoms with Gasteiger partial charge in [0.2, 0.25) is 5.91 Å². The first-order chi connectivity index (χ1) is 11.2.